The summed E-state index contributed by atoms with van der Waals surface area (Å²) in [5, 5.41) is 10.6. The summed E-state index contributed by atoms with van der Waals surface area (Å²) in [5.41, 5.74) is 13.6. The number of fused-ring (bicyclic) bond motifs is 9. The summed E-state index contributed by atoms with van der Waals surface area (Å²) < 4.78 is 2.42. The van der Waals surface area contributed by atoms with E-state index >= 15 is 0 Å². The van der Waals surface area contributed by atoms with Crippen LogP contribution in [0.1, 0.15) is 0 Å². The van der Waals surface area contributed by atoms with E-state index in [2.05, 4.69) is 217 Å². The van der Waals surface area contributed by atoms with Gasteiger partial charge in [0, 0.05) is 44.1 Å². The average Bonchev–Trinajstić information content (AvgIpc) is 3.81. The van der Waals surface area contributed by atoms with E-state index in [9.17, 15) is 0 Å². The Balaban J connectivity index is 0.977. The first kappa shape index (κ1) is 40.5. The van der Waals surface area contributed by atoms with E-state index in [0.29, 0.717) is 17.5 Å². The maximum Gasteiger partial charge on any atom is 0.164 e. The molecule has 3 heterocycles. The summed E-state index contributed by atoms with van der Waals surface area (Å²) in [5.74, 6) is 1.85. The highest BCUT2D eigenvalue weighted by Crippen LogP contribution is 2.48. The molecular formula is C66H41N5. The minimum absolute atomic E-state index is 0.608. The van der Waals surface area contributed by atoms with Crippen molar-refractivity contribution < 1.29 is 0 Å². The van der Waals surface area contributed by atoms with Crippen LogP contribution in [0.2, 0.25) is 0 Å². The van der Waals surface area contributed by atoms with E-state index < -0.39 is 0 Å². The molecule has 0 aliphatic carbocycles. The number of nitrogens with zero attached hydrogens (tertiary/aromatic N) is 5. The molecule has 0 atom stereocenters. The molecule has 0 radical (unpaired) electrons. The van der Waals surface area contributed by atoms with Gasteiger partial charge in [0.05, 0.1) is 22.2 Å². The van der Waals surface area contributed by atoms with Crippen molar-refractivity contribution in [1.82, 2.24) is 24.5 Å². The number of pyridine rings is 1. The van der Waals surface area contributed by atoms with Crippen LogP contribution in [0.25, 0.3) is 138 Å². The second-order valence-corrected chi connectivity index (χ2v) is 18.1. The fourth-order valence-corrected chi connectivity index (χ4v) is 10.7. The van der Waals surface area contributed by atoms with Gasteiger partial charge < -0.3 is 4.57 Å². The quantitative estimate of drug-likeness (QED) is 0.150. The lowest BCUT2D eigenvalue weighted by Gasteiger charge is -2.18. The second-order valence-electron chi connectivity index (χ2n) is 18.1. The van der Waals surface area contributed by atoms with Crippen molar-refractivity contribution in [2.75, 3.05) is 0 Å². The van der Waals surface area contributed by atoms with Crippen LogP contribution in [0.4, 0.5) is 0 Å². The Kier molecular flexibility index (Phi) is 9.46. The first-order chi connectivity index (χ1) is 35.2. The van der Waals surface area contributed by atoms with Crippen LogP contribution in [0, 0.1) is 0 Å². The molecule has 14 aromatic rings. The summed E-state index contributed by atoms with van der Waals surface area (Å²) in [7, 11) is 0. The maximum absolute atomic E-state index is 5.71. The highest BCUT2D eigenvalue weighted by molar-refractivity contribution is 6.26. The van der Waals surface area contributed by atoms with Crippen molar-refractivity contribution in [2.45, 2.75) is 0 Å². The standard InChI is InChI=1S/C66H41N5/c1-3-17-42(18-4-1)43-31-33-46(34-32-43)65-68-64(45-20-5-2-6-21-45)69-66(70-65)47-35-38-49(39-36-47)71-59-30-16-14-28-56(59)61-62(67-58-29-15-13-27-55(58)63(61)71)60-51-24-10-7-19-44(51)37-40-54(60)57-41-48-22-8-9-23-50(48)52-25-11-12-26-53(52)57/h1-41H. The lowest BCUT2D eigenvalue weighted by atomic mass is 9.86. The Hall–Kier alpha value is -9.58. The van der Waals surface area contributed by atoms with E-state index in [1.54, 1.807) is 0 Å². The molecule has 14 rings (SSSR count). The maximum atomic E-state index is 5.71. The zero-order valence-corrected chi connectivity index (χ0v) is 38.4. The monoisotopic (exact) mass is 903 g/mol. The first-order valence-electron chi connectivity index (χ1n) is 24.0. The van der Waals surface area contributed by atoms with Gasteiger partial charge in [-0.1, -0.05) is 206 Å². The number of rotatable bonds is 7. The van der Waals surface area contributed by atoms with Crippen molar-refractivity contribution in [3.05, 3.63) is 249 Å². The normalized spacial score (nSPS) is 11.7. The molecule has 0 fully saturated rings. The molecule has 3 aromatic heterocycles. The number of benzene rings is 11. The van der Waals surface area contributed by atoms with Crippen LogP contribution in [0.15, 0.2) is 249 Å². The highest BCUT2D eigenvalue weighted by atomic mass is 15.0. The van der Waals surface area contributed by atoms with Crippen LogP contribution in [-0.4, -0.2) is 24.5 Å². The molecule has 330 valence electrons. The van der Waals surface area contributed by atoms with E-state index in [-0.39, 0.29) is 0 Å². The predicted molar refractivity (Wildman–Crippen MR) is 295 cm³/mol. The van der Waals surface area contributed by atoms with Crippen LogP contribution < -0.4 is 0 Å². The van der Waals surface area contributed by atoms with Crippen molar-refractivity contribution in [1.29, 1.82) is 0 Å². The molecule has 0 aliphatic heterocycles. The number of hydrogen-bond acceptors (Lipinski definition) is 4. The van der Waals surface area contributed by atoms with Gasteiger partial charge in [-0.2, -0.15) is 0 Å². The SMILES string of the molecule is c1ccc(-c2ccc(-c3nc(-c4ccccc4)nc(-c4ccc(-n5c6ccccc6c6c(-c7c(-c8cc9ccccc9c9ccccc89)ccc8ccccc78)nc7ccccc7c65)cc4)n3)cc2)cc1. The van der Waals surface area contributed by atoms with Crippen LogP contribution in [0.5, 0.6) is 0 Å². The minimum Gasteiger partial charge on any atom is -0.308 e. The van der Waals surface area contributed by atoms with E-state index in [4.69, 9.17) is 19.9 Å². The Labute approximate surface area is 409 Å². The van der Waals surface area contributed by atoms with E-state index in [1.807, 2.05) is 36.4 Å². The van der Waals surface area contributed by atoms with Crippen molar-refractivity contribution >= 4 is 65.0 Å². The van der Waals surface area contributed by atoms with Gasteiger partial charge in [0.2, 0.25) is 0 Å². The van der Waals surface area contributed by atoms with Gasteiger partial charge in [0.1, 0.15) is 0 Å². The van der Waals surface area contributed by atoms with E-state index in [0.717, 1.165) is 88.4 Å². The molecule has 11 aromatic carbocycles. The lowest BCUT2D eigenvalue weighted by molar-refractivity contribution is 1.07. The largest absolute Gasteiger partial charge is 0.308 e. The Bertz CT molecular complexity index is 4370. The molecule has 0 amide bonds. The highest BCUT2D eigenvalue weighted by Gasteiger charge is 2.25. The first-order valence-corrected chi connectivity index (χ1v) is 24.0. The van der Waals surface area contributed by atoms with Gasteiger partial charge in [0.15, 0.2) is 17.5 Å². The smallest absolute Gasteiger partial charge is 0.164 e. The second kappa shape index (κ2) is 16.6. The Morgan fingerprint density at radius 1 is 0.296 bits per heavy atom. The van der Waals surface area contributed by atoms with Crippen molar-refractivity contribution in [3.63, 3.8) is 0 Å². The third-order valence-corrected chi connectivity index (χ3v) is 14.0. The molecule has 0 aliphatic rings. The van der Waals surface area contributed by atoms with Gasteiger partial charge in [0.25, 0.3) is 0 Å². The van der Waals surface area contributed by atoms with Gasteiger partial charge in [-0.3, -0.25) is 0 Å². The van der Waals surface area contributed by atoms with Gasteiger partial charge in [-0.25, -0.2) is 19.9 Å². The van der Waals surface area contributed by atoms with Gasteiger partial charge in [-0.05, 0) is 97.0 Å². The molecular weight excluding hydrogens is 863 g/mol. The molecule has 0 unspecified atom stereocenters. The number of hydrogen-bond donors (Lipinski definition) is 0. The van der Waals surface area contributed by atoms with Gasteiger partial charge >= 0.3 is 0 Å². The molecule has 5 nitrogen and oxygen atoms in total. The molecule has 5 heteroatoms. The third-order valence-electron chi connectivity index (χ3n) is 14.0. The molecule has 0 spiro atoms. The molecule has 0 saturated carbocycles. The lowest BCUT2D eigenvalue weighted by Crippen LogP contribution is -2.01. The summed E-state index contributed by atoms with van der Waals surface area (Å²) in [6.45, 7) is 0. The van der Waals surface area contributed by atoms with Crippen molar-refractivity contribution in [2.24, 2.45) is 0 Å². The van der Waals surface area contributed by atoms with Gasteiger partial charge in [-0.15, -0.1) is 0 Å². The summed E-state index contributed by atoms with van der Waals surface area (Å²) in [4.78, 5) is 21.0. The van der Waals surface area contributed by atoms with Crippen LogP contribution in [0.3, 0.4) is 0 Å². The van der Waals surface area contributed by atoms with Crippen molar-refractivity contribution in [3.8, 4) is 73.4 Å². The minimum atomic E-state index is 0.608. The zero-order chi connectivity index (χ0) is 46.8. The van der Waals surface area contributed by atoms with Crippen LogP contribution >= 0.6 is 0 Å². The molecule has 0 N–H and O–H groups in total. The zero-order valence-electron chi connectivity index (χ0n) is 38.4. The van der Waals surface area contributed by atoms with Crippen LogP contribution in [-0.2, 0) is 0 Å². The third kappa shape index (κ3) is 6.78. The number of aromatic nitrogens is 5. The number of para-hydroxylation sites is 2. The topological polar surface area (TPSA) is 56.5 Å². The fourth-order valence-electron chi connectivity index (χ4n) is 10.7. The molecule has 0 saturated heterocycles. The Morgan fingerprint density at radius 2 is 0.789 bits per heavy atom. The van der Waals surface area contributed by atoms with E-state index in [1.165, 1.54) is 32.5 Å². The fraction of sp³-hybridized carbons (Fsp3) is 0. The predicted octanol–water partition coefficient (Wildman–Crippen LogP) is 17.0. The molecule has 71 heavy (non-hydrogen) atoms. The summed E-state index contributed by atoms with van der Waals surface area (Å²) in [6, 6.07) is 88.2. The average molecular weight is 904 g/mol. The summed E-state index contributed by atoms with van der Waals surface area (Å²) >= 11 is 0. The summed E-state index contributed by atoms with van der Waals surface area (Å²) in [6.07, 6.45) is 0. The Morgan fingerprint density at radius 3 is 1.49 bits per heavy atom. The molecule has 0 bridgehead atoms.